The van der Waals surface area contributed by atoms with Crippen LogP contribution in [0.15, 0.2) is 50.9 Å². The number of nitrogens with zero attached hydrogens (tertiary/aromatic N) is 1. The topological polar surface area (TPSA) is 78.9 Å². The van der Waals surface area contributed by atoms with Gasteiger partial charge in [-0.2, -0.15) is 0 Å². The number of carbonyl (C=O) groups excluding carboxylic acids is 2. The van der Waals surface area contributed by atoms with Crippen LogP contribution in [0, 0.1) is 0 Å². The summed E-state index contributed by atoms with van der Waals surface area (Å²) in [5.41, 5.74) is 3.58. The molecule has 1 saturated heterocycles. The summed E-state index contributed by atoms with van der Waals surface area (Å²) in [5.74, 6) is -0.840. The third-order valence-electron chi connectivity index (χ3n) is 3.60. The molecule has 2 aromatic rings. The van der Waals surface area contributed by atoms with E-state index in [9.17, 15) is 14.7 Å². The molecule has 1 heterocycles. The van der Waals surface area contributed by atoms with Crippen LogP contribution in [0.4, 0.5) is 5.69 Å². The van der Waals surface area contributed by atoms with Crippen LogP contribution in [0.2, 0.25) is 0 Å². The maximum Gasteiger partial charge on any atom is 0.282 e. The molecule has 25 heavy (non-hydrogen) atoms. The number of rotatable bonds is 3. The van der Waals surface area contributed by atoms with Gasteiger partial charge in [0.05, 0.1) is 17.3 Å². The number of hydrogen-bond acceptors (Lipinski definition) is 4. The second-order valence-corrected chi connectivity index (χ2v) is 6.71. The van der Waals surface area contributed by atoms with Gasteiger partial charge < -0.3 is 9.84 Å². The Labute approximate surface area is 160 Å². The quantitative estimate of drug-likeness (QED) is 0.535. The summed E-state index contributed by atoms with van der Waals surface area (Å²) >= 11 is 6.59. The molecule has 0 bridgehead atoms. The molecule has 0 unspecified atom stereocenters. The number of halogens is 2. The van der Waals surface area contributed by atoms with Crippen molar-refractivity contribution < 1.29 is 19.4 Å². The lowest BCUT2D eigenvalue weighted by atomic mass is 10.1. The predicted molar refractivity (Wildman–Crippen MR) is 100 cm³/mol. The molecule has 0 atom stereocenters. The SMILES string of the molecule is COc1cc(/C=C2\C(=O)NN(c3ccccc3)C2=O)c(Br)c(Br)c1O. The molecule has 0 radical (unpaired) electrons. The minimum Gasteiger partial charge on any atom is -0.503 e. The smallest absolute Gasteiger partial charge is 0.282 e. The van der Waals surface area contributed by atoms with Gasteiger partial charge in [-0.1, -0.05) is 18.2 Å². The first-order chi connectivity index (χ1) is 11.9. The molecular formula is C17H12Br2N2O4. The number of anilines is 1. The molecule has 0 saturated carbocycles. The Morgan fingerprint density at radius 3 is 2.48 bits per heavy atom. The average Bonchev–Trinajstić information content (AvgIpc) is 2.91. The minimum atomic E-state index is -0.510. The summed E-state index contributed by atoms with van der Waals surface area (Å²) in [6.07, 6.45) is 1.44. The first-order valence-corrected chi connectivity index (χ1v) is 8.69. The van der Waals surface area contributed by atoms with E-state index in [4.69, 9.17) is 4.74 Å². The van der Waals surface area contributed by atoms with Crippen LogP contribution in [-0.2, 0) is 9.59 Å². The molecule has 2 amide bonds. The molecule has 0 spiro atoms. The number of methoxy groups -OCH3 is 1. The molecule has 6 nitrogen and oxygen atoms in total. The molecule has 2 aromatic carbocycles. The Kier molecular flexibility index (Phi) is 4.82. The fraction of sp³-hybridized carbons (Fsp3) is 0.0588. The van der Waals surface area contributed by atoms with Crippen LogP contribution in [0.5, 0.6) is 11.5 Å². The lowest BCUT2D eigenvalue weighted by Gasteiger charge is -2.14. The van der Waals surface area contributed by atoms with E-state index < -0.39 is 11.8 Å². The van der Waals surface area contributed by atoms with Gasteiger partial charge in [0.2, 0.25) is 0 Å². The molecule has 2 N–H and O–H groups in total. The van der Waals surface area contributed by atoms with Crippen LogP contribution in [0.1, 0.15) is 5.56 Å². The number of nitrogens with one attached hydrogen (secondary N) is 1. The van der Waals surface area contributed by atoms with Crippen LogP contribution < -0.4 is 15.2 Å². The van der Waals surface area contributed by atoms with Crippen LogP contribution in [0.3, 0.4) is 0 Å². The molecule has 1 fully saturated rings. The standard InChI is InChI=1S/C17H12Br2N2O4/c1-25-12-8-9(13(18)14(19)15(12)22)7-11-16(23)20-21(17(11)24)10-5-3-2-4-6-10/h2-8,22H,1H3,(H,20,23)/b11-7+. The maximum absolute atomic E-state index is 12.6. The van der Waals surface area contributed by atoms with E-state index in [1.807, 2.05) is 6.07 Å². The summed E-state index contributed by atoms with van der Waals surface area (Å²) in [6.45, 7) is 0. The zero-order chi connectivity index (χ0) is 18.1. The van der Waals surface area contributed by atoms with Crippen molar-refractivity contribution in [1.82, 2.24) is 5.43 Å². The largest absolute Gasteiger partial charge is 0.503 e. The van der Waals surface area contributed by atoms with Gasteiger partial charge in [-0.05, 0) is 61.7 Å². The van der Waals surface area contributed by atoms with Crippen molar-refractivity contribution in [3.63, 3.8) is 0 Å². The number of ether oxygens (including phenoxy) is 1. The predicted octanol–water partition coefficient (Wildman–Crippen LogP) is 3.39. The highest BCUT2D eigenvalue weighted by Crippen LogP contribution is 2.42. The van der Waals surface area contributed by atoms with Crippen molar-refractivity contribution in [1.29, 1.82) is 0 Å². The Hall–Kier alpha value is -2.32. The van der Waals surface area contributed by atoms with E-state index in [0.717, 1.165) is 0 Å². The minimum absolute atomic E-state index is 0.0239. The van der Waals surface area contributed by atoms with Crippen molar-refractivity contribution in [3.8, 4) is 11.5 Å². The first kappa shape index (κ1) is 17.5. The molecule has 8 heteroatoms. The number of benzene rings is 2. The molecule has 0 aliphatic carbocycles. The summed E-state index contributed by atoms with van der Waals surface area (Å²) in [6, 6.07) is 10.3. The molecule has 1 aliphatic rings. The van der Waals surface area contributed by atoms with Crippen molar-refractivity contribution in [3.05, 3.63) is 56.5 Å². The fourth-order valence-corrected chi connectivity index (χ4v) is 3.19. The van der Waals surface area contributed by atoms with E-state index in [2.05, 4.69) is 37.3 Å². The summed E-state index contributed by atoms with van der Waals surface area (Å²) in [4.78, 5) is 24.8. The second kappa shape index (κ2) is 6.89. The molecule has 0 aromatic heterocycles. The highest BCUT2D eigenvalue weighted by Gasteiger charge is 2.34. The van der Waals surface area contributed by atoms with E-state index >= 15 is 0 Å². The van der Waals surface area contributed by atoms with Crippen LogP contribution >= 0.6 is 31.9 Å². The van der Waals surface area contributed by atoms with Gasteiger partial charge in [-0.25, -0.2) is 5.01 Å². The number of aromatic hydroxyl groups is 1. The normalized spacial score (nSPS) is 15.6. The number of phenols is 1. The number of phenolic OH excluding ortho intramolecular Hbond substituents is 1. The molecular weight excluding hydrogens is 456 g/mol. The Bertz CT molecular complexity index is 897. The summed E-state index contributed by atoms with van der Waals surface area (Å²) < 4.78 is 5.97. The number of amides is 2. The van der Waals surface area contributed by atoms with Crippen molar-refractivity contribution in [2.75, 3.05) is 12.1 Å². The highest BCUT2D eigenvalue weighted by molar-refractivity contribution is 9.13. The van der Waals surface area contributed by atoms with E-state index in [1.54, 1.807) is 24.3 Å². The monoisotopic (exact) mass is 466 g/mol. The van der Waals surface area contributed by atoms with Crippen molar-refractivity contribution >= 4 is 55.4 Å². The van der Waals surface area contributed by atoms with Crippen LogP contribution in [0.25, 0.3) is 6.08 Å². The van der Waals surface area contributed by atoms with Gasteiger partial charge >= 0.3 is 0 Å². The van der Waals surface area contributed by atoms with E-state index in [0.29, 0.717) is 20.2 Å². The van der Waals surface area contributed by atoms with E-state index in [1.165, 1.54) is 24.3 Å². The van der Waals surface area contributed by atoms with Gasteiger partial charge in [0.1, 0.15) is 5.57 Å². The third-order valence-corrected chi connectivity index (χ3v) is 5.76. The second-order valence-electron chi connectivity index (χ2n) is 5.12. The van der Waals surface area contributed by atoms with Gasteiger partial charge in [0.15, 0.2) is 11.5 Å². The molecule has 128 valence electrons. The zero-order valence-corrected chi connectivity index (χ0v) is 16.1. The number of hydrogen-bond donors (Lipinski definition) is 2. The summed E-state index contributed by atoms with van der Waals surface area (Å²) in [7, 11) is 1.41. The van der Waals surface area contributed by atoms with Gasteiger partial charge in [0, 0.05) is 4.47 Å². The average molecular weight is 468 g/mol. The van der Waals surface area contributed by atoms with Gasteiger partial charge in [0.25, 0.3) is 11.8 Å². The lowest BCUT2D eigenvalue weighted by Crippen LogP contribution is -2.35. The number of hydrazine groups is 1. The lowest BCUT2D eigenvalue weighted by molar-refractivity contribution is -0.117. The Morgan fingerprint density at radius 2 is 1.84 bits per heavy atom. The maximum atomic E-state index is 12.6. The van der Waals surface area contributed by atoms with Crippen LogP contribution in [-0.4, -0.2) is 24.0 Å². The molecule has 3 rings (SSSR count). The summed E-state index contributed by atoms with van der Waals surface area (Å²) in [5, 5.41) is 11.2. The van der Waals surface area contributed by atoms with Crippen molar-refractivity contribution in [2.45, 2.75) is 0 Å². The Balaban J connectivity index is 2.04. The zero-order valence-electron chi connectivity index (χ0n) is 12.9. The fourth-order valence-electron chi connectivity index (χ4n) is 2.34. The third kappa shape index (κ3) is 3.14. The molecule has 1 aliphatic heterocycles. The van der Waals surface area contributed by atoms with Gasteiger partial charge in [-0.3, -0.25) is 15.0 Å². The van der Waals surface area contributed by atoms with Crippen molar-refractivity contribution in [2.24, 2.45) is 0 Å². The Morgan fingerprint density at radius 1 is 1.16 bits per heavy atom. The number of para-hydroxylation sites is 1. The van der Waals surface area contributed by atoms with E-state index in [-0.39, 0.29) is 17.1 Å². The number of carbonyl (C=O) groups is 2. The van der Waals surface area contributed by atoms with Gasteiger partial charge in [-0.15, -0.1) is 0 Å². The first-order valence-electron chi connectivity index (χ1n) is 7.11. The highest BCUT2D eigenvalue weighted by atomic mass is 79.9.